The van der Waals surface area contributed by atoms with Crippen molar-refractivity contribution in [3.05, 3.63) is 76.8 Å². The van der Waals surface area contributed by atoms with Gasteiger partial charge < -0.3 is 19.6 Å². The number of anilines is 1. The molecule has 0 radical (unpaired) electrons. The van der Waals surface area contributed by atoms with E-state index in [4.69, 9.17) is 20.8 Å². The van der Waals surface area contributed by atoms with E-state index in [0.29, 0.717) is 40.9 Å². The summed E-state index contributed by atoms with van der Waals surface area (Å²) in [4.78, 5) is 21.7. The third kappa shape index (κ3) is 6.64. The Kier molecular flexibility index (Phi) is 8.71. The SMILES string of the molecule is Cc1cccc(C)c1NC(=O)CN1CCN(CC(O)COc2ccc3oc(-c4ccccc4Cl)nc3c2)C(C)C1. The van der Waals surface area contributed by atoms with Crippen molar-refractivity contribution in [2.75, 3.05) is 44.6 Å². The average molecular weight is 563 g/mol. The standard InChI is InChI=1S/C31H35ClN4O4/c1-20-7-6-8-21(2)30(20)34-29(38)18-35-13-14-36(22(3)16-35)17-23(37)19-39-24-11-12-28-27(15-24)33-31(40-28)25-9-4-5-10-26(25)32/h4-12,15,22-23,37H,13-14,16-19H2,1-3H3,(H,34,38). The number of rotatable bonds is 9. The summed E-state index contributed by atoms with van der Waals surface area (Å²) < 4.78 is 11.8. The fourth-order valence-electron chi connectivity index (χ4n) is 5.14. The number of halogens is 1. The number of benzene rings is 3. The molecule has 40 heavy (non-hydrogen) atoms. The summed E-state index contributed by atoms with van der Waals surface area (Å²) in [6.45, 7) is 9.41. The predicted molar refractivity (Wildman–Crippen MR) is 158 cm³/mol. The first-order chi connectivity index (χ1) is 19.3. The molecule has 3 aromatic carbocycles. The summed E-state index contributed by atoms with van der Waals surface area (Å²) in [6, 6.07) is 19.0. The molecule has 1 aromatic heterocycles. The van der Waals surface area contributed by atoms with Gasteiger partial charge in [0.2, 0.25) is 11.8 Å². The molecule has 2 heterocycles. The number of para-hydroxylation sites is 1. The second kappa shape index (κ2) is 12.4. The third-order valence-electron chi connectivity index (χ3n) is 7.31. The van der Waals surface area contributed by atoms with E-state index in [2.05, 4.69) is 27.0 Å². The lowest BCUT2D eigenvalue weighted by molar-refractivity contribution is -0.118. The zero-order valence-corrected chi connectivity index (χ0v) is 23.8. The first-order valence-corrected chi connectivity index (χ1v) is 13.9. The minimum Gasteiger partial charge on any atom is -0.491 e. The molecular formula is C31H35ClN4O4. The molecule has 5 rings (SSSR count). The molecular weight excluding hydrogens is 528 g/mol. The van der Waals surface area contributed by atoms with Gasteiger partial charge in [0.05, 0.1) is 17.1 Å². The molecule has 2 N–H and O–H groups in total. The summed E-state index contributed by atoms with van der Waals surface area (Å²) in [6.07, 6.45) is -0.659. The summed E-state index contributed by atoms with van der Waals surface area (Å²) in [5, 5.41) is 14.4. The number of fused-ring (bicyclic) bond motifs is 1. The molecule has 4 aromatic rings. The number of piperazine rings is 1. The van der Waals surface area contributed by atoms with E-state index in [1.54, 1.807) is 12.1 Å². The number of hydrogen-bond acceptors (Lipinski definition) is 7. The van der Waals surface area contributed by atoms with Gasteiger partial charge in [0, 0.05) is 44.0 Å². The lowest BCUT2D eigenvalue weighted by Gasteiger charge is -2.40. The van der Waals surface area contributed by atoms with Crippen LogP contribution in [0.4, 0.5) is 5.69 Å². The summed E-state index contributed by atoms with van der Waals surface area (Å²) in [7, 11) is 0. The minimum atomic E-state index is -0.659. The second-order valence-corrected chi connectivity index (χ2v) is 10.9. The van der Waals surface area contributed by atoms with Gasteiger partial charge in [0.25, 0.3) is 0 Å². The fraction of sp³-hybridized carbons (Fsp3) is 0.355. The van der Waals surface area contributed by atoms with Crippen molar-refractivity contribution >= 4 is 34.3 Å². The second-order valence-electron chi connectivity index (χ2n) is 10.5. The van der Waals surface area contributed by atoms with Gasteiger partial charge in [-0.05, 0) is 56.2 Å². The van der Waals surface area contributed by atoms with Crippen LogP contribution in [-0.2, 0) is 4.79 Å². The molecule has 1 fully saturated rings. The van der Waals surface area contributed by atoms with Crippen molar-refractivity contribution < 1.29 is 19.1 Å². The zero-order chi connectivity index (χ0) is 28.2. The van der Waals surface area contributed by atoms with Crippen molar-refractivity contribution in [3.63, 3.8) is 0 Å². The molecule has 2 unspecified atom stereocenters. The van der Waals surface area contributed by atoms with E-state index in [1.165, 1.54) is 0 Å². The van der Waals surface area contributed by atoms with Gasteiger partial charge >= 0.3 is 0 Å². The normalized spacial score (nSPS) is 17.2. The molecule has 0 bridgehead atoms. The van der Waals surface area contributed by atoms with E-state index in [9.17, 15) is 9.90 Å². The maximum Gasteiger partial charge on any atom is 0.238 e. The van der Waals surface area contributed by atoms with Gasteiger partial charge in [-0.1, -0.05) is 41.9 Å². The van der Waals surface area contributed by atoms with Crippen LogP contribution in [0.25, 0.3) is 22.6 Å². The van der Waals surface area contributed by atoms with Crippen molar-refractivity contribution in [1.29, 1.82) is 0 Å². The Morgan fingerprint density at radius 2 is 1.93 bits per heavy atom. The number of nitrogens with zero attached hydrogens (tertiary/aromatic N) is 3. The molecule has 8 nitrogen and oxygen atoms in total. The molecule has 1 aliphatic rings. The number of aliphatic hydroxyl groups excluding tert-OH is 1. The number of ether oxygens (including phenoxy) is 1. The van der Waals surface area contributed by atoms with Crippen molar-refractivity contribution in [3.8, 4) is 17.2 Å². The van der Waals surface area contributed by atoms with Crippen molar-refractivity contribution in [2.45, 2.75) is 32.9 Å². The maximum absolute atomic E-state index is 12.7. The molecule has 9 heteroatoms. The lowest BCUT2D eigenvalue weighted by Crippen LogP contribution is -2.55. The Hall–Kier alpha value is -3.43. The highest BCUT2D eigenvalue weighted by atomic mass is 35.5. The van der Waals surface area contributed by atoms with Gasteiger partial charge in [-0.3, -0.25) is 14.6 Å². The Bertz CT molecular complexity index is 1470. The van der Waals surface area contributed by atoms with Crippen LogP contribution in [0.3, 0.4) is 0 Å². The van der Waals surface area contributed by atoms with Crippen LogP contribution in [-0.4, -0.2) is 77.3 Å². The highest BCUT2D eigenvalue weighted by Crippen LogP contribution is 2.31. The summed E-state index contributed by atoms with van der Waals surface area (Å²) in [5.41, 5.74) is 5.04. The number of aliphatic hydroxyl groups is 1. The van der Waals surface area contributed by atoms with Crippen molar-refractivity contribution in [1.82, 2.24) is 14.8 Å². The largest absolute Gasteiger partial charge is 0.491 e. The topological polar surface area (TPSA) is 91.1 Å². The average Bonchev–Trinajstić information content (AvgIpc) is 3.35. The fourth-order valence-corrected chi connectivity index (χ4v) is 5.36. The van der Waals surface area contributed by atoms with Crippen LogP contribution < -0.4 is 10.1 Å². The number of amides is 1. The van der Waals surface area contributed by atoms with Crippen LogP contribution in [0, 0.1) is 13.8 Å². The number of β-amino-alcohol motifs (C(OH)–C–C–N with tert-alkyl or cyclic N) is 1. The number of aromatic nitrogens is 1. The van der Waals surface area contributed by atoms with Crippen LogP contribution in [0.2, 0.25) is 5.02 Å². The van der Waals surface area contributed by atoms with Crippen LogP contribution in [0.5, 0.6) is 5.75 Å². The molecule has 1 aliphatic heterocycles. The Morgan fingerprint density at radius 3 is 2.67 bits per heavy atom. The first-order valence-electron chi connectivity index (χ1n) is 13.6. The van der Waals surface area contributed by atoms with E-state index in [1.807, 2.05) is 62.4 Å². The van der Waals surface area contributed by atoms with Gasteiger partial charge in [-0.25, -0.2) is 4.98 Å². The summed E-state index contributed by atoms with van der Waals surface area (Å²) >= 11 is 6.29. The molecule has 0 aliphatic carbocycles. The van der Waals surface area contributed by atoms with Gasteiger partial charge in [-0.2, -0.15) is 0 Å². The number of hydrogen-bond donors (Lipinski definition) is 2. The van der Waals surface area contributed by atoms with E-state index in [-0.39, 0.29) is 18.6 Å². The van der Waals surface area contributed by atoms with Gasteiger partial charge in [-0.15, -0.1) is 0 Å². The Morgan fingerprint density at radius 1 is 1.15 bits per heavy atom. The molecule has 0 spiro atoms. The lowest BCUT2D eigenvalue weighted by atomic mass is 10.1. The Balaban J connectivity index is 1.09. The number of oxazole rings is 1. The van der Waals surface area contributed by atoms with Gasteiger partial charge in [0.1, 0.15) is 24.0 Å². The molecule has 1 saturated heterocycles. The summed E-state index contributed by atoms with van der Waals surface area (Å²) in [5.74, 6) is 1.06. The third-order valence-corrected chi connectivity index (χ3v) is 7.64. The molecule has 1 amide bonds. The quantitative estimate of drug-likeness (QED) is 0.291. The van der Waals surface area contributed by atoms with E-state index >= 15 is 0 Å². The molecule has 210 valence electrons. The van der Waals surface area contributed by atoms with E-state index in [0.717, 1.165) is 42.0 Å². The predicted octanol–water partition coefficient (Wildman–Crippen LogP) is 5.15. The number of nitrogens with one attached hydrogen (secondary N) is 1. The highest BCUT2D eigenvalue weighted by Gasteiger charge is 2.27. The highest BCUT2D eigenvalue weighted by molar-refractivity contribution is 6.33. The smallest absolute Gasteiger partial charge is 0.238 e. The monoisotopic (exact) mass is 562 g/mol. The maximum atomic E-state index is 12.7. The van der Waals surface area contributed by atoms with Crippen molar-refractivity contribution in [2.24, 2.45) is 0 Å². The van der Waals surface area contributed by atoms with E-state index < -0.39 is 6.10 Å². The van der Waals surface area contributed by atoms with Crippen LogP contribution >= 0.6 is 11.6 Å². The molecule has 2 atom stereocenters. The Labute approximate surface area is 239 Å². The number of carbonyl (C=O) groups is 1. The zero-order valence-electron chi connectivity index (χ0n) is 23.1. The molecule has 0 saturated carbocycles. The number of carbonyl (C=O) groups excluding carboxylic acids is 1. The minimum absolute atomic E-state index is 0.00504. The van der Waals surface area contributed by atoms with Crippen LogP contribution in [0.1, 0.15) is 18.1 Å². The first kappa shape index (κ1) is 28.1. The van der Waals surface area contributed by atoms with Gasteiger partial charge in [0.15, 0.2) is 5.58 Å². The van der Waals surface area contributed by atoms with Crippen LogP contribution in [0.15, 0.2) is 65.1 Å². The number of aryl methyl sites for hydroxylation is 2.